The van der Waals surface area contributed by atoms with Gasteiger partial charge in [-0.25, -0.2) is 19.4 Å². The van der Waals surface area contributed by atoms with Gasteiger partial charge in [-0.15, -0.1) is 0 Å². The zero-order chi connectivity index (χ0) is 16.3. The van der Waals surface area contributed by atoms with E-state index in [1.165, 1.54) is 26.4 Å². The Morgan fingerprint density at radius 3 is 2.59 bits per heavy atom. The minimum absolute atomic E-state index is 0.0920. The third-order valence-electron chi connectivity index (χ3n) is 2.82. The molecule has 1 fully saturated rings. The summed E-state index contributed by atoms with van der Waals surface area (Å²) < 4.78 is 9.80. The summed E-state index contributed by atoms with van der Waals surface area (Å²) >= 11 is 0. The van der Waals surface area contributed by atoms with Crippen molar-refractivity contribution in [2.24, 2.45) is 0 Å². The number of carbonyl (C=O) groups excluding carboxylic acids is 2. The number of nitrogens with one attached hydrogen (secondary N) is 2. The molecule has 0 aliphatic carbocycles. The monoisotopic (exact) mass is 309 g/mol. The van der Waals surface area contributed by atoms with E-state index >= 15 is 0 Å². The summed E-state index contributed by atoms with van der Waals surface area (Å²) in [5, 5.41) is 11.7. The van der Waals surface area contributed by atoms with Gasteiger partial charge in [0.1, 0.15) is 6.04 Å². The fourth-order valence-corrected chi connectivity index (χ4v) is 1.80. The van der Waals surface area contributed by atoms with Crippen LogP contribution in [0.1, 0.15) is 19.5 Å². The third-order valence-corrected chi connectivity index (χ3v) is 2.82. The van der Waals surface area contributed by atoms with Crippen LogP contribution in [0.25, 0.3) is 0 Å². The minimum Gasteiger partial charge on any atom is -0.480 e. The first-order chi connectivity index (χ1) is 10.3. The van der Waals surface area contributed by atoms with Crippen molar-refractivity contribution in [2.75, 3.05) is 0 Å². The normalized spacial score (nSPS) is 18.2. The Hall–Kier alpha value is -2.84. The predicted octanol–water partition coefficient (Wildman–Crippen LogP) is -0.285. The molecule has 0 bridgehead atoms. The zero-order valence-corrected chi connectivity index (χ0v) is 12.0. The molecule has 9 heteroatoms. The van der Waals surface area contributed by atoms with Crippen molar-refractivity contribution in [3.05, 3.63) is 30.0 Å². The lowest BCUT2D eigenvalue weighted by molar-refractivity contribution is -0.222. The number of aromatic nitrogens is 2. The number of hydrogen-bond acceptors (Lipinski definition) is 7. The van der Waals surface area contributed by atoms with Gasteiger partial charge < -0.3 is 24.9 Å². The first-order valence-corrected chi connectivity index (χ1v) is 6.41. The molecule has 1 aromatic heterocycles. The average molecular weight is 309 g/mol. The van der Waals surface area contributed by atoms with Gasteiger partial charge >= 0.3 is 17.9 Å². The highest BCUT2D eigenvalue weighted by Crippen LogP contribution is 2.22. The van der Waals surface area contributed by atoms with Gasteiger partial charge in [-0.2, -0.15) is 0 Å². The van der Waals surface area contributed by atoms with Crippen LogP contribution in [0.3, 0.4) is 0 Å². The van der Waals surface area contributed by atoms with E-state index in [9.17, 15) is 14.4 Å². The fourth-order valence-electron chi connectivity index (χ4n) is 1.80. The number of ether oxygens (including phenoxy) is 2. The Labute approximate surface area is 125 Å². The van der Waals surface area contributed by atoms with Crippen LogP contribution in [0, 0.1) is 0 Å². The Morgan fingerprint density at radius 2 is 2.09 bits per heavy atom. The van der Waals surface area contributed by atoms with Crippen molar-refractivity contribution in [3.8, 4) is 0 Å². The molecule has 3 N–H and O–H groups in total. The zero-order valence-electron chi connectivity index (χ0n) is 12.0. The van der Waals surface area contributed by atoms with Crippen LogP contribution in [-0.4, -0.2) is 44.8 Å². The number of esters is 2. The molecule has 1 aliphatic heterocycles. The van der Waals surface area contributed by atoms with Crippen molar-refractivity contribution in [2.45, 2.75) is 32.1 Å². The number of rotatable bonds is 5. The highest BCUT2D eigenvalue weighted by atomic mass is 16.7. The molecule has 1 saturated heterocycles. The molecule has 1 aromatic rings. The molecule has 1 atom stereocenters. The number of nitrogens with zero attached hydrogens (tertiary/aromatic N) is 1. The number of carboxylic acid groups (broad SMARTS) is 1. The summed E-state index contributed by atoms with van der Waals surface area (Å²) in [7, 11) is 0. The lowest BCUT2D eigenvalue weighted by Crippen LogP contribution is -2.43. The second-order valence-corrected chi connectivity index (χ2v) is 5.08. The Bertz CT molecular complexity index is 598. The van der Waals surface area contributed by atoms with Gasteiger partial charge in [0.2, 0.25) is 0 Å². The van der Waals surface area contributed by atoms with E-state index in [0.717, 1.165) is 6.20 Å². The molecule has 0 amide bonds. The molecule has 1 aliphatic rings. The lowest BCUT2D eigenvalue weighted by atomic mass is 10.1. The van der Waals surface area contributed by atoms with E-state index in [1.54, 1.807) is 0 Å². The first kappa shape index (κ1) is 15.5. The van der Waals surface area contributed by atoms with E-state index in [0.29, 0.717) is 5.69 Å². The van der Waals surface area contributed by atoms with E-state index < -0.39 is 35.3 Å². The van der Waals surface area contributed by atoms with E-state index in [1.807, 2.05) is 0 Å². The summed E-state index contributed by atoms with van der Waals surface area (Å²) in [5.74, 6) is -4.24. The van der Waals surface area contributed by atoms with E-state index in [-0.39, 0.29) is 6.42 Å². The molecular formula is C13H15N3O6. The molecule has 9 nitrogen and oxygen atoms in total. The molecule has 0 spiro atoms. The van der Waals surface area contributed by atoms with Crippen molar-refractivity contribution in [1.82, 2.24) is 15.3 Å². The number of imidazole rings is 1. The molecule has 118 valence electrons. The van der Waals surface area contributed by atoms with Crippen LogP contribution >= 0.6 is 0 Å². The summed E-state index contributed by atoms with van der Waals surface area (Å²) in [5.41, 5.74) is 0.198. The summed E-state index contributed by atoms with van der Waals surface area (Å²) in [6.07, 6.45) is 3.99. The van der Waals surface area contributed by atoms with Crippen molar-refractivity contribution in [1.29, 1.82) is 0 Å². The van der Waals surface area contributed by atoms with Gasteiger partial charge in [-0.05, 0) is 0 Å². The maximum absolute atomic E-state index is 11.7. The van der Waals surface area contributed by atoms with Gasteiger partial charge in [-0.1, -0.05) is 0 Å². The van der Waals surface area contributed by atoms with Gasteiger partial charge in [0.05, 0.1) is 6.33 Å². The number of aliphatic carboxylic acids is 1. The maximum atomic E-state index is 11.7. The van der Waals surface area contributed by atoms with Crippen LogP contribution in [0.15, 0.2) is 24.3 Å². The number of H-pyrrole nitrogens is 1. The maximum Gasteiger partial charge on any atom is 0.350 e. The first-order valence-electron chi connectivity index (χ1n) is 6.41. The van der Waals surface area contributed by atoms with E-state index in [2.05, 4.69) is 15.3 Å². The van der Waals surface area contributed by atoms with Gasteiger partial charge in [0.15, 0.2) is 5.57 Å². The topological polar surface area (TPSA) is 131 Å². The van der Waals surface area contributed by atoms with Gasteiger partial charge in [0.25, 0.3) is 5.79 Å². The van der Waals surface area contributed by atoms with Crippen LogP contribution in [0.5, 0.6) is 0 Å². The lowest BCUT2D eigenvalue weighted by Gasteiger charge is -2.29. The van der Waals surface area contributed by atoms with Gasteiger partial charge in [-0.3, -0.25) is 0 Å². The number of cyclic esters (lactones) is 2. The van der Waals surface area contributed by atoms with Gasteiger partial charge in [0, 0.05) is 38.4 Å². The van der Waals surface area contributed by atoms with Crippen molar-refractivity contribution in [3.63, 3.8) is 0 Å². The average Bonchev–Trinajstić information content (AvgIpc) is 2.87. The second-order valence-electron chi connectivity index (χ2n) is 5.08. The third kappa shape index (κ3) is 3.62. The summed E-state index contributed by atoms with van der Waals surface area (Å²) in [6.45, 7) is 2.84. The molecule has 2 heterocycles. The fraction of sp³-hybridized carbons (Fsp3) is 0.385. The Morgan fingerprint density at radius 1 is 1.45 bits per heavy atom. The highest BCUT2D eigenvalue weighted by Gasteiger charge is 2.39. The Kier molecular flexibility index (Phi) is 4.15. The SMILES string of the molecule is CC1(C)OC(=O)C(=CN[C@H](Cc2cnc[nH]2)C(=O)O)C(=O)O1. The highest BCUT2D eigenvalue weighted by molar-refractivity contribution is 6.15. The number of aromatic amines is 1. The molecule has 0 aromatic carbocycles. The smallest absolute Gasteiger partial charge is 0.350 e. The molecule has 22 heavy (non-hydrogen) atoms. The molecular weight excluding hydrogens is 294 g/mol. The molecule has 0 unspecified atom stereocenters. The van der Waals surface area contributed by atoms with Crippen molar-refractivity contribution >= 4 is 17.9 Å². The molecule has 2 rings (SSSR count). The van der Waals surface area contributed by atoms with Crippen LogP contribution < -0.4 is 5.32 Å². The molecule has 0 saturated carbocycles. The quantitative estimate of drug-likeness (QED) is 0.384. The summed E-state index contributed by atoms with van der Waals surface area (Å²) in [4.78, 5) is 41.2. The molecule has 0 radical (unpaired) electrons. The minimum atomic E-state index is -1.34. The standard InChI is InChI=1S/C13H15N3O6/c1-13(2)21-11(19)8(12(20)22-13)5-15-9(10(17)18)3-7-4-14-6-16-7/h4-6,9,15H,3H2,1-2H3,(H,14,16)(H,17,18)/t9-/m1/s1. The summed E-state index contributed by atoms with van der Waals surface area (Å²) in [6, 6.07) is -1.05. The number of carboxylic acids is 1. The second kappa shape index (κ2) is 5.88. The van der Waals surface area contributed by atoms with E-state index in [4.69, 9.17) is 14.6 Å². The number of hydrogen-bond donors (Lipinski definition) is 3. The largest absolute Gasteiger partial charge is 0.480 e. The van der Waals surface area contributed by atoms with Crippen LogP contribution in [0.4, 0.5) is 0 Å². The Balaban J connectivity index is 2.09. The van der Waals surface area contributed by atoms with Crippen molar-refractivity contribution < 1.29 is 29.0 Å². The van der Waals surface area contributed by atoms with Crippen LogP contribution in [-0.2, 0) is 30.3 Å². The predicted molar refractivity (Wildman–Crippen MR) is 71.2 cm³/mol. The van der Waals surface area contributed by atoms with Crippen LogP contribution in [0.2, 0.25) is 0 Å². The number of carbonyl (C=O) groups is 3.